The summed E-state index contributed by atoms with van der Waals surface area (Å²) in [5.41, 5.74) is -0.281. The minimum absolute atomic E-state index is 0.00245. The molecule has 0 aliphatic heterocycles. The van der Waals surface area contributed by atoms with Gasteiger partial charge in [-0.05, 0) is 11.6 Å². The van der Waals surface area contributed by atoms with Gasteiger partial charge < -0.3 is 15.0 Å². The predicted molar refractivity (Wildman–Crippen MR) is 70.6 cm³/mol. The number of carbonyl (C=O) groups is 1. The van der Waals surface area contributed by atoms with Crippen molar-refractivity contribution in [3.8, 4) is 5.75 Å². The summed E-state index contributed by atoms with van der Waals surface area (Å²) in [4.78, 5) is 24.8. The molecular formula is C14H8N2O5-2. The first-order valence-corrected chi connectivity index (χ1v) is 5.79. The van der Waals surface area contributed by atoms with E-state index in [9.17, 15) is 25.1 Å². The van der Waals surface area contributed by atoms with Crippen LogP contribution in [0.5, 0.6) is 5.75 Å². The standard InChI is InChI=1S/C14H10N2O5/c17-13-6-5-10(16(20)21)7-9(13)8-15-12-4-2-1-3-11(12)14(18)19/h1-8,17H,(H,18,19)/p-2. The van der Waals surface area contributed by atoms with Gasteiger partial charge in [0.2, 0.25) is 0 Å². The lowest BCUT2D eigenvalue weighted by molar-refractivity contribution is -0.385. The molecule has 0 amide bonds. The summed E-state index contributed by atoms with van der Waals surface area (Å²) in [7, 11) is 0. The molecule has 0 spiro atoms. The van der Waals surface area contributed by atoms with Gasteiger partial charge in [-0.15, -0.1) is 0 Å². The van der Waals surface area contributed by atoms with Crippen LogP contribution in [0.25, 0.3) is 0 Å². The first kappa shape index (κ1) is 14.2. The van der Waals surface area contributed by atoms with Gasteiger partial charge in [0.05, 0.1) is 16.6 Å². The van der Waals surface area contributed by atoms with Crippen molar-refractivity contribution in [1.29, 1.82) is 0 Å². The number of carboxylic acids is 1. The summed E-state index contributed by atoms with van der Waals surface area (Å²) in [6, 6.07) is 9.06. The van der Waals surface area contributed by atoms with Gasteiger partial charge in [-0.3, -0.25) is 15.1 Å². The van der Waals surface area contributed by atoms with Crippen molar-refractivity contribution in [1.82, 2.24) is 0 Å². The van der Waals surface area contributed by atoms with Crippen LogP contribution >= 0.6 is 0 Å². The zero-order chi connectivity index (χ0) is 15.4. The van der Waals surface area contributed by atoms with E-state index in [2.05, 4.69) is 4.99 Å². The van der Waals surface area contributed by atoms with Gasteiger partial charge in [0.25, 0.3) is 5.69 Å². The van der Waals surface area contributed by atoms with Crippen molar-refractivity contribution in [3.63, 3.8) is 0 Å². The van der Waals surface area contributed by atoms with Gasteiger partial charge in [0, 0.05) is 23.9 Å². The van der Waals surface area contributed by atoms with E-state index in [-0.39, 0.29) is 22.5 Å². The molecule has 0 saturated heterocycles. The van der Waals surface area contributed by atoms with E-state index in [4.69, 9.17) is 0 Å². The van der Waals surface area contributed by atoms with Gasteiger partial charge >= 0.3 is 0 Å². The Morgan fingerprint density at radius 1 is 1.19 bits per heavy atom. The lowest BCUT2D eigenvalue weighted by Crippen LogP contribution is -2.22. The first-order chi connectivity index (χ1) is 9.99. The highest BCUT2D eigenvalue weighted by molar-refractivity contribution is 5.94. The zero-order valence-electron chi connectivity index (χ0n) is 10.6. The Hall–Kier alpha value is -3.22. The van der Waals surface area contributed by atoms with E-state index in [0.29, 0.717) is 0 Å². The minimum Gasteiger partial charge on any atom is -0.872 e. The van der Waals surface area contributed by atoms with Gasteiger partial charge in [-0.1, -0.05) is 30.0 Å². The number of hydrogen-bond acceptors (Lipinski definition) is 6. The molecule has 2 rings (SSSR count). The fourth-order valence-electron chi connectivity index (χ4n) is 1.65. The number of carboxylic acid groups (broad SMARTS) is 1. The Morgan fingerprint density at radius 2 is 1.90 bits per heavy atom. The van der Waals surface area contributed by atoms with E-state index < -0.39 is 16.6 Å². The van der Waals surface area contributed by atoms with Crippen LogP contribution in [-0.4, -0.2) is 17.1 Å². The van der Waals surface area contributed by atoms with Crippen molar-refractivity contribution in [2.45, 2.75) is 0 Å². The van der Waals surface area contributed by atoms with Gasteiger partial charge in [0.15, 0.2) is 0 Å². The number of benzene rings is 2. The molecule has 0 radical (unpaired) electrons. The molecule has 106 valence electrons. The molecule has 21 heavy (non-hydrogen) atoms. The number of nitro benzene ring substituents is 1. The van der Waals surface area contributed by atoms with Crippen molar-refractivity contribution < 1.29 is 19.9 Å². The third-order valence-electron chi connectivity index (χ3n) is 2.67. The van der Waals surface area contributed by atoms with Crippen LogP contribution in [0.3, 0.4) is 0 Å². The summed E-state index contributed by atoms with van der Waals surface area (Å²) in [6.07, 6.45) is 1.09. The highest BCUT2D eigenvalue weighted by atomic mass is 16.6. The number of aromatic carboxylic acids is 1. The molecule has 0 N–H and O–H groups in total. The smallest absolute Gasteiger partial charge is 0.270 e. The van der Waals surface area contributed by atoms with Gasteiger partial charge in [0.1, 0.15) is 0 Å². The summed E-state index contributed by atoms with van der Waals surface area (Å²) in [5, 5.41) is 33.2. The van der Waals surface area contributed by atoms with Crippen LogP contribution < -0.4 is 10.2 Å². The number of carbonyl (C=O) groups excluding carboxylic acids is 1. The highest BCUT2D eigenvalue weighted by Gasteiger charge is 2.06. The Kier molecular flexibility index (Phi) is 3.94. The highest BCUT2D eigenvalue weighted by Crippen LogP contribution is 2.22. The molecule has 0 fully saturated rings. The molecule has 0 aliphatic rings. The predicted octanol–water partition coefficient (Wildman–Crippen LogP) is 0.782. The van der Waals surface area contributed by atoms with E-state index in [1.54, 1.807) is 6.07 Å². The summed E-state index contributed by atoms with van der Waals surface area (Å²) in [5.74, 6) is -1.85. The van der Waals surface area contributed by atoms with Crippen LogP contribution in [-0.2, 0) is 0 Å². The fourth-order valence-corrected chi connectivity index (χ4v) is 1.65. The van der Waals surface area contributed by atoms with Crippen LogP contribution in [0.15, 0.2) is 47.5 Å². The number of non-ortho nitro benzene ring substituents is 1. The molecule has 0 aliphatic carbocycles. The average molecular weight is 284 g/mol. The van der Waals surface area contributed by atoms with E-state index in [1.165, 1.54) is 18.2 Å². The lowest BCUT2D eigenvalue weighted by Gasteiger charge is -2.09. The number of hydrogen-bond donors (Lipinski definition) is 0. The number of nitro groups is 1. The summed E-state index contributed by atoms with van der Waals surface area (Å²) < 4.78 is 0. The van der Waals surface area contributed by atoms with Crippen LogP contribution in [0.4, 0.5) is 11.4 Å². The van der Waals surface area contributed by atoms with Gasteiger partial charge in [-0.25, -0.2) is 0 Å². The fraction of sp³-hybridized carbons (Fsp3) is 0. The molecule has 0 atom stereocenters. The topological polar surface area (TPSA) is 119 Å². The Bertz CT molecular complexity index is 740. The lowest BCUT2D eigenvalue weighted by atomic mass is 10.1. The Labute approximate surface area is 119 Å². The second-order valence-corrected chi connectivity index (χ2v) is 4.04. The minimum atomic E-state index is -1.40. The SMILES string of the molecule is O=C([O-])c1ccccc1N=Cc1cc([N+](=O)[O-])ccc1[O-]. The molecule has 0 aromatic heterocycles. The second-order valence-electron chi connectivity index (χ2n) is 4.04. The number of para-hydroxylation sites is 1. The maximum atomic E-state index is 11.6. The second kappa shape index (κ2) is 5.83. The van der Waals surface area contributed by atoms with E-state index in [1.807, 2.05) is 0 Å². The zero-order valence-corrected chi connectivity index (χ0v) is 10.6. The largest absolute Gasteiger partial charge is 0.872 e. The van der Waals surface area contributed by atoms with Crippen molar-refractivity contribution in [2.24, 2.45) is 4.99 Å². The van der Waals surface area contributed by atoms with Crippen molar-refractivity contribution in [3.05, 3.63) is 63.7 Å². The van der Waals surface area contributed by atoms with Crippen LogP contribution in [0.1, 0.15) is 15.9 Å². The molecule has 7 heteroatoms. The Morgan fingerprint density at radius 3 is 2.57 bits per heavy atom. The maximum absolute atomic E-state index is 11.6. The third kappa shape index (κ3) is 3.21. The average Bonchev–Trinajstić information content (AvgIpc) is 2.46. The van der Waals surface area contributed by atoms with E-state index >= 15 is 0 Å². The third-order valence-corrected chi connectivity index (χ3v) is 2.67. The monoisotopic (exact) mass is 284 g/mol. The quantitative estimate of drug-likeness (QED) is 0.467. The van der Waals surface area contributed by atoms with Crippen molar-refractivity contribution in [2.75, 3.05) is 0 Å². The molecule has 2 aromatic carbocycles. The number of aliphatic imine (C=N–C) groups is 1. The molecule has 2 aromatic rings. The Balaban J connectivity index is 2.40. The number of rotatable bonds is 4. The molecular weight excluding hydrogens is 276 g/mol. The van der Waals surface area contributed by atoms with Crippen molar-refractivity contribution >= 4 is 23.6 Å². The van der Waals surface area contributed by atoms with Crippen LogP contribution in [0, 0.1) is 10.1 Å². The first-order valence-electron chi connectivity index (χ1n) is 5.79. The number of nitrogens with zero attached hydrogens (tertiary/aromatic N) is 2. The molecule has 7 nitrogen and oxygen atoms in total. The van der Waals surface area contributed by atoms with Crippen LogP contribution in [0.2, 0.25) is 0 Å². The summed E-state index contributed by atoms with van der Waals surface area (Å²) in [6.45, 7) is 0. The molecule has 0 bridgehead atoms. The molecule has 0 saturated carbocycles. The van der Waals surface area contributed by atoms with Gasteiger partial charge in [-0.2, -0.15) is 0 Å². The maximum Gasteiger partial charge on any atom is 0.270 e. The normalized spacial score (nSPS) is 10.7. The van der Waals surface area contributed by atoms with E-state index in [0.717, 1.165) is 24.4 Å². The summed E-state index contributed by atoms with van der Waals surface area (Å²) >= 11 is 0. The molecule has 0 heterocycles. The molecule has 0 unspecified atom stereocenters.